The quantitative estimate of drug-likeness (QED) is 0.277. The molecule has 9 nitrogen and oxygen atoms in total. The molecule has 0 aliphatic carbocycles. The van der Waals surface area contributed by atoms with Gasteiger partial charge in [-0.3, -0.25) is 14.7 Å². The minimum atomic E-state index is -4.31. The summed E-state index contributed by atoms with van der Waals surface area (Å²) >= 11 is 0. The van der Waals surface area contributed by atoms with E-state index in [0.717, 1.165) is 11.6 Å². The Kier molecular flexibility index (Phi) is 9.58. The minimum absolute atomic E-state index is 0.109. The van der Waals surface area contributed by atoms with Gasteiger partial charge >= 0.3 is 6.18 Å². The number of aromatic amines is 1. The summed E-state index contributed by atoms with van der Waals surface area (Å²) in [6.45, 7) is 3.11. The molecule has 1 heterocycles. The fraction of sp³-hybridized carbons (Fsp3) is 0.296. The Morgan fingerprint density at radius 2 is 1.74 bits per heavy atom. The van der Waals surface area contributed by atoms with Crippen LogP contribution in [0.5, 0.6) is 11.5 Å². The Bertz CT molecular complexity index is 1300. The number of hydrogen-bond acceptors (Lipinski definition) is 6. The summed E-state index contributed by atoms with van der Waals surface area (Å²) in [6, 6.07) is 11.7. The summed E-state index contributed by atoms with van der Waals surface area (Å²) in [6.07, 6.45) is -3.07. The molecule has 3 N–H and O–H groups in total. The Morgan fingerprint density at radius 3 is 2.36 bits per heavy atom. The molecular formula is C27H30F3N5O4. The number of rotatable bonds is 12. The third-order valence-electron chi connectivity index (χ3n) is 5.82. The third kappa shape index (κ3) is 8.52. The highest BCUT2D eigenvalue weighted by Crippen LogP contribution is 2.27. The molecule has 39 heavy (non-hydrogen) atoms. The molecule has 12 heteroatoms. The van der Waals surface area contributed by atoms with E-state index in [0.29, 0.717) is 41.5 Å². The number of aromatic nitrogens is 2. The van der Waals surface area contributed by atoms with Gasteiger partial charge in [0.05, 0.1) is 37.6 Å². The normalized spacial score (nSPS) is 11.0. The second-order valence-electron chi connectivity index (χ2n) is 8.66. The molecule has 0 bridgehead atoms. The molecule has 3 aromatic rings. The van der Waals surface area contributed by atoms with Crippen LogP contribution in [-0.4, -0.2) is 56.0 Å². The number of nitrogens with zero attached hydrogens (tertiary/aromatic N) is 2. The standard InChI is InChI=1S/C27H30F3N5O4/c1-5-25(36)31-23-15-19(35(2)11-10-27(28,29)30)8-9-22(23)26(37)32-24-14-18(33-34-24)7-6-17-12-20(38-3)16-21(13-17)39-4/h5,8-9,12-16H,1,6-7,10-11H2,2-4H3,(H,31,36)(H2,32,33,34,37). The molecule has 3 rings (SSSR count). The number of hydrogen-bond donors (Lipinski definition) is 3. The van der Waals surface area contributed by atoms with Gasteiger partial charge in [-0.25, -0.2) is 0 Å². The van der Waals surface area contributed by atoms with E-state index in [1.165, 1.54) is 30.1 Å². The first kappa shape index (κ1) is 29.1. The van der Waals surface area contributed by atoms with Crippen molar-refractivity contribution in [3.05, 3.63) is 71.9 Å². The number of carbonyl (C=O) groups is 2. The maximum atomic E-state index is 13.0. The molecule has 0 radical (unpaired) electrons. The number of benzene rings is 2. The molecule has 0 aliphatic heterocycles. The van der Waals surface area contributed by atoms with Crippen molar-refractivity contribution in [2.75, 3.05) is 43.3 Å². The highest BCUT2D eigenvalue weighted by molar-refractivity contribution is 6.11. The monoisotopic (exact) mass is 545 g/mol. The highest BCUT2D eigenvalue weighted by Gasteiger charge is 2.27. The van der Waals surface area contributed by atoms with E-state index in [9.17, 15) is 22.8 Å². The van der Waals surface area contributed by atoms with E-state index < -0.39 is 24.4 Å². The van der Waals surface area contributed by atoms with Crippen molar-refractivity contribution in [3.63, 3.8) is 0 Å². The second kappa shape index (κ2) is 12.9. The van der Waals surface area contributed by atoms with Gasteiger partial charge in [0.15, 0.2) is 0 Å². The SMILES string of the molecule is C=CC(=O)Nc1cc(N(C)CCC(F)(F)F)ccc1C(=O)Nc1cc(CCc2cc(OC)cc(OC)c2)n[nH]1. The van der Waals surface area contributed by atoms with Crippen LogP contribution in [0.4, 0.5) is 30.4 Å². The fourth-order valence-electron chi connectivity index (χ4n) is 3.71. The van der Waals surface area contributed by atoms with Gasteiger partial charge in [-0.1, -0.05) is 6.58 Å². The zero-order chi connectivity index (χ0) is 28.6. The van der Waals surface area contributed by atoms with Crippen molar-refractivity contribution in [1.29, 1.82) is 0 Å². The van der Waals surface area contributed by atoms with E-state index in [4.69, 9.17) is 9.47 Å². The Labute approximate surface area is 224 Å². The molecule has 2 aromatic carbocycles. The summed E-state index contributed by atoms with van der Waals surface area (Å²) in [5, 5.41) is 12.3. The Morgan fingerprint density at radius 1 is 1.05 bits per heavy atom. The molecule has 2 amide bonds. The maximum Gasteiger partial charge on any atom is 0.390 e. The number of nitrogens with one attached hydrogen (secondary N) is 3. The highest BCUT2D eigenvalue weighted by atomic mass is 19.4. The molecule has 0 aliphatic rings. The summed E-state index contributed by atoms with van der Waals surface area (Å²) < 4.78 is 48.5. The van der Waals surface area contributed by atoms with Crippen LogP contribution in [0.3, 0.4) is 0 Å². The Hall–Kier alpha value is -4.48. The summed E-state index contributed by atoms with van der Waals surface area (Å²) in [4.78, 5) is 26.4. The van der Waals surface area contributed by atoms with Gasteiger partial charge in [0.1, 0.15) is 17.3 Å². The largest absolute Gasteiger partial charge is 0.497 e. The lowest BCUT2D eigenvalue weighted by atomic mass is 10.1. The predicted molar refractivity (Wildman–Crippen MR) is 143 cm³/mol. The molecule has 0 saturated heterocycles. The predicted octanol–water partition coefficient (Wildman–Crippen LogP) is 4.98. The third-order valence-corrected chi connectivity index (χ3v) is 5.82. The smallest absolute Gasteiger partial charge is 0.390 e. The van der Waals surface area contributed by atoms with Crippen LogP contribution in [-0.2, 0) is 17.6 Å². The molecule has 0 fully saturated rings. The lowest BCUT2D eigenvalue weighted by Gasteiger charge is -2.22. The molecular weight excluding hydrogens is 515 g/mol. The zero-order valence-corrected chi connectivity index (χ0v) is 21.8. The van der Waals surface area contributed by atoms with Gasteiger partial charge in [0, 0.05) is 31.4 Å². The average molecular weight is 546 g/mol. The number of carbonyl (C=O) groups excluding carboxylic acids is 2. The molecule has 0 atom stereocenters. The van der Waals surface area contributed by atoms with Crippen LogP contribution < -0.4 is 25.0 Å². The van der Waals surface area contributed by atoms with Gasteiger partial charge in [0.2, 0.25) is 5.91 Å². The molecule has 0 unspecified atom stereocenters. The summed E-state index contributed by atoms with van der Waals surface area (Å²) in [5.41, 5.74) is 2.32. The van der Waals surface area contributed by atoms with Gasteiger partial charge in [0.25, 0.3) is 5.91 Å². The van der Waals surface area contributed by atoms with E-state index in [-0.39, 0.29) is 17.8 Å². The lowest BCUT2D eigenvalue weighted by molar-refractivity contribution is -0.132. The van der Waals surface area contributed by atoms with Crippen molar-refractivity contribution in [2.24, 2.45) is 0 Å². The number of alkyl halides is 3. The zero-order valence-electron chi connectivity index (χ0n) is 21.8. The van der Waals surface area contributed by atoms with Crippen LogP contribution in [0.15, 0.2) is 55.1 Å². The number of ether oxygens (including phenoxy) is 2. The van der Waals surface area contributed by atoms with E-state index in [1.54, 1.807) is 26.4 Å². The topological polar surface area (TPSA) is 109 Å². The van der Waals surface area contributed by atoms with E-state index in [2.05, 4.69) is 27.4 Å². The number of anilines is 3. The van der Waals surface area contributed by atoms with Gasteiger partial charge in [-0.15, -0.1) is 0 Å². The summed E-state index contributed by atoms with van der Waals surface area (Å²) in [7, 11) is 4.65. The van der Waals surface area contributed by atoms with Gasteiger partial charge < -0.3 is 25.0 Å². The van der Waals surface area contributed by atoms with E-state index in [1.807, 2.05) is 12.1 Å². The van der Waals surface area contributed by atoms with E-state index >= 15 is 0 Å². The molecule has 1 aromatic heterocycles. The first-order valence-electron chi connectivity index (χ1n) is 11.9. The van der Waals surface area contributed by atoms with Crippen molar-refractivity contribution in [1.82, 2.24) is 10.2 Å². The van der Waals surface area contributed by atoms with Crippen LogP contribution in [0, 0.1) is 0 Å². The lowest BCUT2D eigenvalue weighted by Crippen LogP contribution is -2.24. The molecule has 208 valence electrons. The number of halogens is 3. The molecule has 0 spiro atoms. The van der Waals surface area contributed by atoms with Crippen molar-refractivity contribution in [2.45, 2.75) is 25.4 Å². The Balaban J connectivity index is 1.72. The summed E-state index contributed by atoms with van der Waals surface area (Å²) in [5.74, 6) is 0.571. The van der Waals surface area contributed by atoms with Crippen LogP contribution >= 0.6 is 0 Å². The minimum Gasteiger partial charge on any atom is -0.497 e. The second-order valence-corrected chi connectivity index (χ2v) is 8.66. The number of amides is 2. The van der Waals surface area contributed by atoms with Crippen molar-refractivity contribution >= 4 is 29.0 Å². The van der Waals surface area contributed by atoms with Crippen molar-refractivity contribution < 1.29 is 32.2 Å². The van der Waals surface area contributed by atoms with Crippen molar-refractivity contribution in [3.8, 4) is 11.5 Å². The van der Waals surface area contributed by atoms with Gasteiger partial charge in [-0.2, -0.15) is 18.3 Å². The molecule has 0 saturated carbocycles. The van der Waals surface area contributed by atoms with Crippen LogP contribution in [0.1, 0.15) is 28.0 Å². The maximum absolute atomic E-state index is 13.0. The number of aryl methyl sites for hydroxylation is 2. The van der Waals surface area contributed by atoms with Crippen LogP contribution in [0.2, 0.25) is 0 Å². The van der Waals surface area contributed by atoms with Gasteiger partial charge in [-0.05, 0) is 54.8 Å². The number of methoxy groups -OCH3 is 2. The van der Waals surface area contributed by atoms with Crippen LogP contribution in [0.25, 0.3) is 0 Å². The fourth-order valence-corrected chi connectivity index (χ4v) is 3.71. The first-order chi connectivity index (χ1) is 18.5. The average Bonchev–Trinajstić information content (AvgIpc) is 3.36. The number of H-pyrrole nitrogens is 1. The first-order valence-corrected chi connectivity index (χ1v) is 11.9.